The molecular formula is C13H23NO4S. The average Bonchev–Trinajstić information content (AvgIpc) is 2.85. The molecule has 0 radical (unpaired) electrons. The molecule has 1 heterocycles. The van der Waals surface area contributed by atoms with Crippen LogP contribution in [0.5, 0.6) is 0 Å². The number of nitrogens with zero attached hydrogens (tertiary/aromatic N) is 1. The third-order valence-electron chi connectivity index (χ3n) is 4.69. The van der Waals surface area contributed by atoms with E-state index in [2.05, 4.69) is 0 Å². The summed E-state index contributed by atoms with van der Waals surface area (Å²) in [6.07, 6.45) is 5.74. The fraction of sp³-hybridized carbons (Fsp3) is 0.923. The van der Waals surface area contributed by atoms with Gasteiger partial charge in [-0.1, -0.05) is 26.2 Å². The lowest BCUT2D eigenvalue weighted by Crippen LogP contribution is -2.55. The van der Waals surface area contributed by atoms with Crippen molar-refractivity contribution in [3.8, 4) is 0 Å². The van der Waals surface area contributed by atoms with E-state index in [4.69, 9.17) is 0 Å². The van der Waals surface area contributed by atoms with Gasteiger partial charge in [0.15, 0.2) is 0 Å². The highest BCUT2D eigenvalue weighted by Gasteiger charge is 2.53. The van der Waals surface area contributed by atoms with Crippen molar-refractivity contribution in [2.45, 2.75) is 69.1 Å². The monoisotopic (exact) mass is 289 g/mol. The van der Waals surface area contributed by atoms with Crippen molar-refractivity contribution in [3.05, 3.63) is 0 Å². The Hall–Kier alpha value is -0.620. The van der Waals surface area contributed by atoms with Crippen molar-refractivity contribution in [2.75, 3.05) is 6.54 Å². The van der Waals surface area contributed by atoms with Gasteiger partial charge in [-0.3, -0.25) is 4.79 Å². The highest BCUT2D eigenvalue weighted by atomic mass is 32.2. The molecule has 19 heavy (non-hydrogen) atoms. The van der Waals surface area contributed by atoms with Gasteiger partial charge in [-0.2, -0.15) is 4.31 Å². The first kappa shape index (κ1) is 14.8. The minimum Gasteiger partial charge on any atom is -0.480 e. The van der Waals surface area contributed by atoms with Crippen LogP contribution in [0.25, 0.3) is 0 Å². The zero-order valence-electron chi connectivity index (χ0n) is 11.5. The van der Waals surface area contributed by atoms with Gasteiger partial charge in [0.25, 0.3) is 0 Å². The van der Waals surface area contributed by atoms with E-state index >= 15 is 0 Å². The maximum atomic E-state index is 12.7. The molecule has 0 aromatic heterocycles. The second-order valence-corrected chi connectivity index (χ2v) is 7.81. The molecule has 2 aliphatic rings. The molecule has 1 aliphatic carbocycles. The second-order valence-electron chi connectivity index (χ2n) is 5.67. The van der Waals surface area contributed by atoms with E-state index < -0.39 is 21.5 Å². The molecule has 1 saturated carbocycles. The van der Waals surface area contributed by atoms with Gasteiger partial charge in [0, 0.05) is 6.54 Å². The number of rotatable bonds is 4. The molecule has 0 aromatic carbocycles. The highest BCUT2D eigenvalue weighted by molar-refractivity contribution is 7.89. The molecule has 1 N–H and O–H groups in total. The third kappa shape index (κ3) is 2.40. The van der Waals surface area contributed by atoms with Gasteiger partial charge in [0.05, 0.1) is 5.25 Å². The zero-order chi connectivity index (χ0) is 14.1. The summed E-state index contributed by atoms with van der Waals surface area (Å²) in [7, 11) is -3.47. The summed E-state index contributed by atoms with van der Waals surface area (Å²) >= 11 is 0. The van der Waals surface area contributed by atoms with E-state index in [1.165, 1.54) is 4.31 Å². The highest BCUT2D eigenvalue weighted by Crippen LogP contribution is 2.38. The lowest BCUT2D eigenvalue weighted by Gasteiger charge is -2.36. The largest absolute Gasteiger partial charge is 0.480 e. The van der Waals surface area contributed by atoms with Gasteiger partial charge in [-0.25, -0.2) is 8.42 Å². The van der Waals surface area contributed by atoms with Crippen LogP contribution in [0, 0.1) is 0 Å². The Morgan fingerprint density at radius 1 is 1.26 bits per heavy atom. The molecule has 6 heteroatoms. The molecule has 2 rings (SSSR count). The number of sulfonamides is 1. The van der Waals surface area contributed by atoms with E-state index in [9.17, 15) is 18.3 Å². The Labute approximate surface area is 115 Å². The number of hydrogen-bond acceptors (Lipinski definition) is 3. The lowest BCUT2D eigenvalue weighted by atomic mass is 9.95. The molecule has 1 saturated heterocycles. The SMILES string of the molecule is CCC1(C(=O)O)CCCN1S(=O)(=O)C1CCCCC1. The third-order valence-corrected chi connectivity index (χ3v) is 7.15. The number of aliphatic carboxylic acids is 1. The van der Waals surface area contributed by atoms with Gasteiger partial charge in [-0.05, 0) is 32.1 Å². The summed E-state index contributed by atoms with van der Waals surface area (Å²) < 4.78 is 26.8. The van der Waals surface area contributed by atoms with Crippen molar-refractivity contribution >= 4 is 16.0 Å². The standard InChI is InChI=1S/C13H23NO4S/c1-2-13(12(15)16)9-6-10-14(13)19(17,18)11-7-4-3-5-8-11/h11H,2-10H2,1H3,(H,15,16). The molecule has 0 spiro atoms. The molecule has 5 nitrogen and oxygen atoms in total. The van der Waals surface area contributed by atoms with Gasteiger partial charge >= 0.3 is 5.97 Å². The lowest BCUT2D eigenvalue weighted by molar-refractivity contribution is -0.147. The van der Waals surface area contributed by atoms with Gasteiger partial charge in [0.1, 0.15) is 5.54 Å². The van der Waals surface area contributed by atoms with Crippen LogP contribution in [-0.2, 0) is 14.8 Å². The molecule has 110 valence electrons. The Kier molecular flexibility index (Phi) is 4.20. The minimum absolute atomic E-state index is 0.342. The predicted molar refractivity (Wildman–Crippen MR) is 72.4 cm³/mol. The van der Waals surface area contributed by atoms with E-state index in [1.54, 1.807) is 6.92 Å². The molecule has 1 atom stereocenters. The van der Waals surface area contributed by atoms with Crippen LogP contribution in [0.2, 0.25) is 0 Å². The summed E-state index contributed by atoms with van der Waals surface area (Å²) in [6.45, 7) is 2.13. The molecule has 0 bridgehead atoms. The number of carboxylic acid groups (broad SMARTS) is 1. The molecule has 0 aromatic rings. The first-order valence-electron chi connectivity index (χ1n) is 7.20. The van der Waals surface area contributed by atoms with Crippen molar-refractivity contribution in [3.63, 3.8) is 0 Å². The summed E-state index contributed by atoms with van der Waals surface area (Å²) in [5.41, 5.74) is -1.20. The van der Waals surface area contributed by atoms with Crippen LogP contribution in [0.3, 0.4) is 0 Å². The van der Waals surface area contributed by atoms with E-state index in [1.807, 2.05) is 0 Å². The smallest absolute Gasteiger partial charge is 0.325 e. The Morgan fingerprint density at radius 3 is 2.42 bits per heavy atom. The van der Waals surface area contributed by atoms with Crippen molar-refractivity contribution < 1.29 is 18.3 Å². The van der Waals surface area contributed by atoms with Gasteiger partial charge < -0.3 is 5.11 Å². The van der Waals surface area contributed by atoms with Crippen LogP contribution in [0.4, 0.5) is 0 Å². The first-order valence-corrected chi connectivity index (χ1v) is 8.70. The summed E-state index contributed by atoms with van der Waals surface area (Å²) in [6, 6.07) is 0. The predicted octanol–water partition coefficient (Wildman–Crippen LogP) is 1.98. The fourth-order valence-corrected chi connectivity index (χ4v) is 5.94. The van der Waals surface area contributed by atoms with Crippen LogP contribution in [0.15, 0.2) is 0 Å². The number of carbonyl (C=O) groups is 1. The quantitative estimate of drug-likeness (QED) is 0.858. The summed E-state index contributed by atoms with van der Waals surface area (Å²) in [5.74, 6) is -0.994. The molecular weight excluding hydrogens is 266 g/mol. The summed E-state index contributed by atoms with van der Waals surface area (Å²) in [5, 5.41) is 9.12. The summed E-state index contributed by atoms with van der Waals surface area (Å²) in [4.78, 5) is 11.6. The van der Waals surface area contributed by atoms with E-state index in [0.717, 1.165) is 19.3 Å². The molecule has 0 amide bonds. The first-order chi connectivity index (χ1) is 8.95. The Bertz CT molecular complexity index is 442. The van der Waals surface area contributed by atoms with Crippen LogP contribution < -0.4 is 0 Å². The molecule has 1 unspecified atom stereocenters. The zero-order valence-corrected chi connectivity index (χ0v) is 12.3. The minimum atomic E-state index is -3.47. The number of hydrogen-bond donors (Lipinski definition) is 1. The Balaban J connectivity index is 2.30. The maximum absolute atomic E-state index is 12.7. The Morgan fingerprint density at radius 2 is 1.89 bits per heavy atom. The van der Waals surface area contributed by atoms with Crippen molar-refractivity contribution in [1.29, 1.82) is 0 Å². The van der Waals surface area contributed by atoms with Crippen molar-refractivity contribution in [2.24, 2.45) is 0 Å². The van der Waals surface area contributed by atoms with E-state index in [-0.39, 0.29) is 5.25 Å². The van der Waals surface area contributed by atoms with Crippen molar-refractivity contribution in [1.82, 2.24) is 4.31 Å². The number of carboxylic acids is 1. The average molecular weight is 289 g/mol. The van der Waals surface area contributed by atoms with Crippen LogP contribution in [-0.4, -0.2) is 41.1 Å². The van der Waals surface area contributed by atoms with Crippen LogP contribution in [0.1, 0.15) is 58.3 Å². The van der Waals surface area contributed by atoms with Crippen LogP contribution >= 0.6 is 0 Å². The molecule has 2 fully saturated rings. The fourth-order valence-electron chi connectivity index (χ4n) is 3.49. The molecule has 1 aliphatic heterocycles. The normalized spacial score (nSPS) is 30.6. The second kappa shape index (κ2) is 5.40. The topological polar surface area (TPSA) is 74.7 Å². The van der Waals surface area contributed by atoms with Gasteiger partial charge in [0.2, 0.25) is 10.0 Å². The van der Waals surface area contributed by atoms with Gasteiger partial charge in [-0.15, -0.1) is 0 Å². The maximum Gasteiger partial charge on any atom is 0.325 e. The van der Waals surface area contributed by atoms with E-state index in [0.29, 0.717) is 38.6 Å².